The van der Waals surface area contributed by atoms with Crippen LogP contribution in [0.4, 0.5) is 4.39 Å². The summed E-state index contributed by atoms with van der Waals surface area (Å²) < 4.78 is 17.0. The Morgan fingerprint density at radius 1 is 1.24 bits per heavy atom. The van der Waals surface area contributed by atoms with E-state index in [4.69, 9.17) is 0 Å². The molecule has 0 amide bonds. The lowest BCUT2D eigenvalue weighted by Gasteiger charge is -2.44. The van der Waals surface area contributed by atoms with E-state index in [1.165, 1.54) is 22.6 Å². The van der Waals surface area contributed by atoms with Crippen LogP contribution in [0.1, 0.15) is 30.5 Å². The highest BCUT2D eigenvalue weighted by Crippen LogP contribution is 2.51. The third kappa shape index (κ3) is 3.32. The molecule has 150 valence electrons. The van der Waals surface area contributed by atoms with E-state index in [1.54, 1.807) is 12.1 Å². The summed E-state index contributed by atoms with van der Waals surface area (Å²) in [6.45, 7) is 0.143. The highest BCUT2D eigenvalue weighted by molar-refractivity contribution is 8.00. The average molecular weight is 411 g/mol. The van der Waals surface area contributed by atoms with E-state index >= 15 is 0 Å². The summed E-state index contributed by atoms with van der Waals surface area (Å²) in [5, 5.41) is 19.7. The molecule has 2 aromatic heterocycles. The van der Waals surface area contributed by atoms with Gasteiger partial charge in [0, 0.05) is 28.8 Å². The molecule has 0 unspecified atom stereocenters. The minimum absolute atomic E-state index is 0.143. The molecule has 2 atom stereocenters. The number of halogens is 1. The Bertz CT molecular complexity index is 1070. The lowest BCUT2D eigenvalue weighted by Crippen LogP contribution is -2.39. The number of thioether (sulfide) groups is 1. The van der Waals surface area contributed by atoms with E-state index in [0.717, 1.165) is 42.6 Å². The van der Waals surface area contributed by atoms with Gasteiger partial charge < -0.3 is 5.11 Å². The fraction of sp³-hybridized carbons (Fsp3) is 0.364. The molecule has 5 rings (SSSR count). The highest BCUT2D eigenvalue weighted by atomic mass is 32.2. The predicted octanol–water partition coefficient (Wildman–Crippen LogP) is 4.01. The lowest BCUT2D eigenvalue weighted by molar-refractivity contribution is 0.131. The van der Waals surface area contributed by atoms with Gasteiger partial charge in [0.05, 0.1) is 30.4 Å². The standard InChI is InChI=1S/C22H23FN4OS/c1-26-13-20(12-24-26)29-19-7-2-16-8-21-15(9-22(16,10-19)14-28)11-25-27(21)18-5-3-17(23)4-6-18/h3-6,8,11-13,19,28H,2,7,9-10,14H2,1H3/t19-,22+/m0/s1. The minimum atomic E-state index is -0.253. The Morgan fingerprint density at radius 2 is 2.07 bits per heavy atom. The van der Waals surface area contributed by atoms with Gasteiger partial charge in [-0.15, -0.1) is 11.8 Å². The molecule has 1 N–H and O–H groups in total. The zero-order valence-electron chi connectivity index (χ0n) is 16.3. The highest BCUT2D eigenvalue weighted by Gasteiger charge is 2.43. The number of fused-ring (bicyclic) bond motifs is 2. The number of nitrogens with zero attached hydrogens (tertiary/aromatic N) is 4. The molecular formula is C22H23FN4OS. The fourth-order valence-electron chi connectivity index (χ4n) is 4.64. The molecule has 2 aliphatic rings. The molecule has 5 nitrogen and oxygen atoms in total. The summed E-state index contributed by atoms with van der Waals surface area (Å²) in [5.74, 6) is -0.253. The normalized spacial score (nSPS) is 23.4. The monoisotopic (exact) mass is 410 g/mol. The summed E-state index contributed by atoms with van der Waals surface area (Å²) >= 11 is 1.86. The van der Waals surface area contributed by atoms with Crippen LogP contribution in [0.5, 0.6) is 0 Å². The first-order valence-corrected chi connectivity index (χ1v) is 10.7. The largest absolute Gasteiger partial charge is 0.395 e. The van der Waals surface area contributed by atoms with Crippen molar-refractivity contribution in [2.45, 2.75) is 35.8 Å². The Morgan fingerprint density at radius 3 is 2.79 bits per heavy atom. The Balaban J connectivity index is 1.44. The maximum atomic E-state index is 13.3. The second-order valence-electron chi connectivity index (χ2n) is 8.06. The molecule has 2 aliphatic carbocycles. The SMILES string of the molecule is Cn1cc(S[C@H]2CCC3=Cc4c(cnn4-c4ccc(F)cc4)C[C@]3(CO)C2)cn1. The first-order valence-electron chi connectivity index (χ1n) is 9.86. The number of benzene rings is 1. The van der Waals surface area contributed by atoms with E-state index in [2.05, 4.69) is 16.3 Å². The van der Waals surface area contributed by atoms with Gasteiger partial charge in [0.2, 0.25) is 0 Å². The third-order valence-electron chi connectivity index (χ3n) is 6.12. The van der Waals surface area contributed by atoms with Crippen LogP contribution in [0, 0.1) is 11.2 Å². The predicted molar refractivity (Wildman–Crippen MR) is 111 cm³/mol. The second-order valence-corrected chi connectivity index (χ2v) is 9.43. The van der Waals surface area contributed by atoms with E-state index in [9.17, 15) is 9.50 Å². The van der Waals surface area contributed by atoms with Crippen LogP contribution >= 0.6 is 11.8 Å². The van der Waals surface area contributed by atoms with Crippen LogP contribution < -0.4 is 0 Å². The van der Waals surface area contributed by atoms with Crippen molar-refractivity contribution < 1.29 is 9.50 Å². The Hall–Kier alpha value is -2.38. The van der Waals surface area contributed by atoms with Crippen LogP contribution in [0.3, 0.4) is 0 Å². The molecule has 0 spiro atoms. The van der Waals surface area contributed by atoms with Gasteiger partial charge in [0.15, 0.2) is 0 Å². The molecule has 29 heavy (non-hydrogen) atoms. The molecule has 0 aliphatic heterocycles. The quantitative estimate of drug-likeness (QED) is 0.706. The van der Waals surface area contributed by atoms with Crippen LogP contribution in [0.15, 0.2) is 53.3 Å². The van der Waals surface area contributed by atoms with Crippen LogP contribution in [0.2, 0.25) is 0 Å². The molecule has 7 heteroatoms. The van der Waals surface area contributed by atoms with Crippen molar-refractivity contribution in [3.05, 3.63) is 65.5 Å². The van der Waals surface area contributed by atoms with Crippen molar-refractivity contribution in [2.75, 3.05) is 6.61 Å². The van der Waals surface area contributed by atoms with Crippen molar-refractivity contribution in [3.63, 3.8) is 0 Å². The first kappa shape index (κ1) is 18.6. The van der Waals surface area contributed by atoms with Gasteiger partial charge in [-0.2, -0.15) is 10.2 Å². The molecule has 2 heterocycles. The van der Waals surface area contributed by atoms with Crippen molar-refractivity contribution in [1.82, 2.24) is 19.6 Å². The van der Waals surface area contributed by atoms with Gasteiger partial charge in [-0.3, -0.25) is 4.68 Å². The zero-order chi connectivity index (χ0) is 20.0. The van der Waals surface area contributed by atoms with Gasteiger partial charge in [0.25, 0.3) is 0 Å². The lowest BCUT2D eigenvalue weighted by atomic mass is 9.65. The van der Waals surface area contributed by atoms with Crippen molar-refractivity contribution in [3.8, 4) is 5.69 Å². The molecule has 0 bridgehead atoms. The summed E-state index contributed by atoms with van der Waals surface area (Å²) in [6.07, 6.45) is 11.8. The van der Waals surface area contributed by atoms with Crippen LogP contribution in [0.25, 0.3) is 11.8 Å². The molecule has 0 radical (unpaired) electrons. The number of hydrogen-bond acceptors (Lipinski definition) is 4. The maximum Gasteiger partial charge on any atom is 0.123 e. The average Bonchev–Trinajstić information content (AvgIpc) is 3.32. The summed E-state index contributed by atoms with van der Waals surface area (Å²) in [6, 6.07) is 6.41. The summed E-state index contributed by atoms with van der Waals surface area (Å²) in [7, 11) is 1.93. The van der Waals surface area contributed by atoms with Crippen LogP contribution in [-0.2, 0) is 13.5 Å². The van der Waals surface area contributed by atoms with Crippen molar-refractivity contribution >= 4 is 17.8 Å². The van der Waals surface area contributed by atoms with Crippen molar-refractivity contribution in [2.24, 2.45) is 12.5 Å². The number of aliphatic hydroxyl groups is 1. The fourth-order valence-corrected chi connectivity index (χ4v) is 5.98. The number of aryl methyl sites for hydroxylation is 1. The third-order valence-corrected chi connectivity index (χ3v) is 7.34. The molecule has 1 fully saturated rings. The summed E-state index contributed by atoms with van der Waals surface area (Å²) in [5.41, 5.74) is 4.12. The Kier molecular flexibility index (Phi) is 4.59. The van der Waals surface area contributed by atoms with Gasteiger partial charge in [-0.05, 0) is 61.6 Å². The maximum absolute atomic E-state index is 13.3. The van der Waals surface area contributed by atoms with Crippen molar-refractivity contribution in [1.29, 1.82) is 0 Å². The number of aromatic nitrogens is 4. The van der Waals surface area contributed by atoms with Gasteiger partial charge in [0.1, 0.15) is 5.82 Å². The topological polar surface area (TPSA) is 55.9 Å². The second kappa shape index (κ2) is 7.15. The minimum Gasteiger partial charge on any atom is -0.395 e. The van der Waals surface area contributed by atoms with Gasteiger partial charge >= 0.3 is 0 Å². The Labute approximate surface area is 173 Å². The van der Waals surface area contributed by atoms with E-state index in [-0.39, 0.29) is 17.8 Å². The molecule has 1 aromatic carbocycles. The molecule has 1 saturated carbocycles. The first-order chi connectivity index (χ1) is 14.1. The van der Waals surface area contributed by atoms with E-state index in [1.807, 2.05) is 46.8 Å². The number of aliphatic hydroxyl groups excluding tert-OH is 1. The number of rotatable bonds is 4. The number of hydrogen-bond donors (Lipinski definition) is 1. The zero-order valence-corrected chi connectivity index (χ0v) is 17.1. The molecular weight excluding hydrogens is 387 g/mol. The summed E-state index contributed by atoms with van der Waals surface area (Å²) in [4.78, 5) is 1.18. The van der Waals surface area contributed by atoms with Crippen LogP contribution in [-0.4, -0.2) is 36.5 Å². The molecule has 0 saturated heterocycles. The van der Waals surface area contributed by atoms with E-state index < -0.39 is 0 Å². The van der Waals surface area contributed by atoms with Gasteiger partial charge in [-0.25, -0.2) is 9.07 Å². The van der Waals surface area contributed by atoms with E-state index in [0.29, 0.717) is 5.25 Å². The molecule has 3 aromatic rings. The smallest absolute Gasteiger partial charge is 0.123 e. The van der Waals surface area contributed by atoms with Gasteiger partial charge in [-0.1, -0.05) is 5.57 Å².